The third-order valence-corrected chi connectivity index (χ3v) is 4.66. The smallest absolute Gasteiger partial charge is 0.261 e. The summed E-state index contributed by atoms with van der Waals surface area (Å²) < 4.78 is 0. The molecule has 1 heterocycles. The van der Waals surface area contributed by atoms with Crippen LogP contribution in [0.4, 0.5) is 0 Å². The predicted octanol–water partition coefficient (Wildman–Crippen LogP) is 1.68. The zero-order valence-corrected chi connectivity index (χ0v) is 13.0. The van der Waals surface area contributed by atoms with Crippen LogP contribution in [0.5, 0.6) is 0 Å². The Morgan fingerprint density at radius 3 is 2.81 bits per heavy atom. The highest BCUT2D eigenvalue weighted by Crippen LogP contribution is 2.18. The summed E-state index contributed by atoms with van der Waals surface area (Å²) in [7, 11) is 0. The molecule has 0 aliphatic heterocycles. The van der Waals surface area contributed by atoms with Crippen LogP contribution in [0.3, 0.4) is 0 Å². The molecule has 1 aliphatic rings. The Hall–Kier alpha value is -1.40. The second-order valence-electron chi connectivity index (χ2n) is 5.49. The van der Waals surface area contributed by atoms with E-state index in [1.165, 1.54) is 11.3 Å². The summed E-state index contributed by atoms with van der Waals surface area (Å²) in [6, 6.07) is 2.70. The highest BCUT2D eigenvalue weighted by Gasteiger charge is 2.25. The van der Waals surface area contributed by atoms with Gasteiger partial charge in [-0.1, -0.05) is 25.3 Å². The first kappa shape index (κ1) is 16.0. The molecular formula is C15H22N2O3S. The first-order valence-electron chi connectivity index (χ1n) is 7.40. The number of aliphatic hydroxyl groups excluding tert-OH is 1. The summed E-state index contributed by atoms with van der Waals surface area (Å²) >= 11 is 1.34. The van der Waals surface area contributed by atoms with E-state index in [0.29, 0.717) is 4.88 Å². The van der Waals surface area contributed by atoms with E-state index in [1.54, 1.807) is 19.1 Å². The lowest BCUT2D eigenvalue weighted by molar-refractivity contribution is -0.124. The van der Waals surface area contributed by atoms with Gasteiger partial charge in [-0.25, -0.2) is 0 Å². The number of rotatable bonds is 4. The van der Waals surface area contributed by atoms with Crippen molar-refractivity contribution in [3.63, 3.8) is 0 Å². The van der Waals surface area contributed by atoms with E-state index >= 15 is 0 Å². The van der Waals surface area contributed by atoms with Crippen LogP contribution >= 0.6 is 11.3 Å². The number of nitrogens with one attached hydrogen (secondary N) is 2. The Kier molecular flexibility index (Phi) is 5.76. The second-order valence-corrected chi connectivity index (χ2v) is 6.44. The van der Waals surface area contributed by atoms with E-state index in [2.05, 4.69) is 10.6 Å². The minimum atomic E-state index is -0.616. The summed E-state index contributed by atoms with van der Waals surface area (Å²) in [5.74, 6) is -0.486. The molecule has 1 aromatic heterocycles. The SMILES string of the molecule is CC(NC(=O)c1cccs1)C(=O)NC1CCCCCC1O. The van der Waals surface area contributed by atoms with Gasteiger partial charge in [0.15, 0.2) is 0 Å². The number of aliphatic hydroxyl groups is 1. The fraction of sp³-hybridized carbons (Fsp3) is 0.600. The minimum absolute atomic E-state index is 0.207. The van der Waals surface area contributed by atoms with Crippen LogP contribution in [0.1, 0.15) is 48.7 Å². The Labute approximate surface area is 128 Å². The molecule has 3 unspecified atom stereocenters. The molecule has 116 valence electrons. The number of carbonyl (C=O) groups is 2. The van der Waals surface area contributed by atoms with Gasteiger partial charge in [0.1, 0.15) is 6.04 Å². The molecule has 0 radical (unpaired) electrons. The highest BCUT2D eigenvalue weighted by atomic mass is 32.1. The monoisotopic (exact) mass is 310 g/mol. The van der Waals surface area contributed by atoms with Crippen molar-refractivity contribution in [2.24, 2.45) is 0 Å². The van der Waals surface area contributed by atoms with E-state index in [-0.39, 0.29) is 17.9 Å². The van der Waals surface area contributed by atoms with Crippen LogP contribution in [0, 0.1) is 0 Å². The topological polar surface area (TPSA) is 78.4 Å². The van der Waals surface area contributed by atoms with Gasteiger partial charge in [0.25, 0.3) is 5.91 Å². The maximum Gasteiger partial charge on any atom is 0.261 e. The molecule has 0 aromatic carbocycles. The first-order valence-corrected chi connectivity index (χ1v) is 8.28. The molecule has 0 saturated heterocycles. The zero-order valence-electron chi connectivity index (χ0n) is 12.2. The summed E-state index contributed by atoms with van der Waals surface area (Å²) in [6.07, 6.45) is 4.13. The maximum atomic E-state index is 12.1. The Bertz CT molecular complexity index is 475. The minimum Gasteiger partial charge on any atom is -0.391 e. The normalized spacial score (nSPS) is 23.9. The van der Waals surface area contributed by atoms with Gasteiger partial charge in [0.2, 0.25) is 5.91 Å². The van der Waals surface area contributed by atoms with Crippen LogP contribution in [0.2, 0.25) is 0 Å². The molecule has 1 aromatic rings. The molecular weight excluding hydrogens is 288 g/mol. The lowest BCUT2D eigenvalue weighted by atomic mass is 10.1. The van der Waals surface area contributed by atoms with Crippen molar-refractivity contribution < 1.29 is 14.7 Å². The lowest BCUT2D eigenvalue weighted by Gasteiger charge is -2.24. The second kappa shape index (κ2) is 7.56. The van der Waals surface area contributed by atoms with Crippen molar-refractivity contribution in [2.45, 2.75) is 57.2 Å². The summed E-state index contributed by atoms with van der Waals surface area (Å²) in [5.41, 5.74) is 0. The quantitative estimate of drug-likeness (QED) is 0.740. The number of thiophene rings is 1. The van der Waals surface area contributed by atoms with E-state index in [0.717, 1.165) is 32.1 Å². The molecule has 0 bridgehead atoms. The van der Waals surface area contributed by atoms with Crippen LogP contribution in [0.25, 0.3) is 0 Å². The van der Waals surface area contributed by atoms with Gasteiger partial charge < -0.3 is 15.7 Å². The fourth-order valence-corrected chi connectivity index (χ4v) is 3.13. The van der Waals surface area contributed by atoms with Crippen molar-refractivity contribution in [1.29, 1.82) is 0 Å². The van der Waals surface area contributed by atoms with Crippen molar-refractivity contribution in [2.75, 3.05) is 0 Å². The molecule has 2 amide bonds. The maximum absolute atomic E-state index is 12.1. The number of hydrogen-bond acceptors (Lipinski definition) is 4. The largest absolute Gasteiger partial charge is 0.391 e. The third-order valence-electron chi connectivity index (χ3n) is 3.79. The molecule has 0 spiro atoms. The average Bonchev–Trinajstić information content (AvgIpc) is 2.92. The fourth-order valence-electron chi connectivity index (χ4n) is 2.51. The first-order chi connectivity index (χ1) is 10.1. The molecule has 1 aliphatic carbocycles. The van der Waals surface area contributed by atoms with E-state index in [4.69, 9.17) is 0 Å². The number of carbonyl (C=O) groups excluding carboxylic acids is 2. The van der Waals surface area contributed by atoms with E-state index in [9.17, 15) is 14.7 Å². The van der Waals surface area contributed by atoms with Gasteiger partial charge in [-0.05, 0) is 31.2 Å². The number of hydrogen-bond donors (Lipinski definition) is 3. The third kappa shape index (κ3) is 4.54. The van der Waals surface area contributed by atoms with Crippen molar-refractivity contribution in [1.82, 2.24) is 10.6 Å². The predicted molar refractivity (Wildman–Crippen MR) is 82.3 cm³/mol. The van der Waals surface area contributed by atoms with Gasteiger partial charge in [-0.15, -0.1) is 11.3 Å². The Balaban J connectivity index is 1.85. The Morgan fingerprint density at radius 2 is 2.10 bits per heavy atom. The summed E-state index contributed by atoms with van der Waals surface area (Å²) in [6.45, 7) is 1.66. The average molecular weight is 310 g/mol. The molecule has 1 fully saturated rings. The summed E-state index contributed by atoms with van der Waals surface area (Å²) in [4.78, 5) is 24.6. The molecule has 1 saturated carbocycles. The lowest BCUT2D eigenvalue weighted by Crippen LogP contribution is -2.51. The molecule has 6 heteroatoms. The van der Waals surface area contributed by atoms with Crippen molar-refractivity contribution in [3.8, 4) is 0 Å². The van der Waals surface area contributed by atoms with Crippen LogP contribution in [0.15, 0.2) is 17.5 Å². The van der Waals surface area contributed by atoms with E-state index < -0.39 is 12.1 Å². The molecule has 3 atom stereocenters. The Morgan fingerprint density at radius 1 is 1.33 bits per heavy atom. The van der Waals surface area contributed by atoms with Gasteiger partial charge in [-0.2, -0.15) is 0 Å². The van der Waals surface area contributed by atoms with Gasteiger partial charge >= 0.3 is 0 Å². The number of amides is 2. The van der Waals surface area contributed by atoms with Gasteiger partial charge in [0.05, 0.1) is 17.0 Å². The van der Waals surface area contributed by atoms with Crippen molar-refractivity contribution in [3.05, 3.63) is 22.4 Å². The van der Waals surface area contributed by atoms with Crippen LogP contribution in [-0.4, -0.2) is 35.1 Å². The van der Waals surface area contributed by atoms with Gasteiger partial charge in [-0.3, -0.25) is 9.59 Å². The standard InChI is InChI=1S/C15H22N2O3S/c1-10(16-15(20)13-8-5-9-21-13)14(19)17-11-6-3-2-4-7-12(11)18/h5,8-12,18H,2-4,6-7H2,1H3,(H,16,20)(H,17,19). The molecule has 2 rings (SSSR count). The molecule has 21 heavy (non-hydrogen) atoms. The van der Waals surface area contributed by atoms with Crippen molar-refractivity contribution >= 4 is 23.2 Å². The van der Waals surface area contributed by atoms with Crippen LogP contribution < -0.4 is 10.6 Å². The van der Waals surface area contributed by atoms with Crippen LogP contribution in [-0.2, 0) is 4.79 Å². The highest BCUT2D eigenvalue weighted by molar-refractivity contribution is 7.12. The zero-order chi connectivity index (χ0) is 15.2. The van der Waals surface area contributed by atoms with Gasteiger partial charge in [0, 0.05) is 0 Å². The summed E-state index contributed by atoms with van der Waals surface area (Å²) in [5, 5.41) is 17.4. The van der Waals surface area contributed by atoms with E-state index in [1.807, 2.05) is 5.38 Å². The molecule has 3 N–H and O–H groups in total. The molecule has 5 nitrogen and oxygen atoms in total.